The third-order valence-corrected chi connectivity index (χ3v) is 5.16. The van der Waals surface area contributed by atoms with E-state index in [2.05, 4.69) is 0 Å². The lowest BCUT2D eigenvalue weighted by molar-refractivity contribution is -0.154. The molecule has 0 saturated carbocycles. The lowest BCUT2D eigenvalue weighted by atomic mass is 9.74. The molecule has 2 aliphatic rings. The van der Waals surface area contributed by atoms with Gasteiger partial charge in [-0.25, -0.2) is 4.79 Å². The average Bonchev–Trinajstić information content (AvgIpc) is 2.60. The summed E-state index contributed by atoms with van der Waals surface area (Å²) < 4.78 is 10.7. The summed E-state index contributed by atoms with van der Waals surface area (Å²) in [5, 5.41) is 0. The van der Waals surface area contributed by atoms with Gasteiger partial charge >= 0.3 is 12.1 Å². The number of fused-ring (bicyclic) bond motifs is 2. The van der Waals surface area contributed by atoms with Crippen molar-refractivity contribution in [2.24, 2.45) is 5.73 Å². The molecule has 1 aromatic carbocycles. The monoisotopic (exact) mass is 346 g/mol. The molecule has 136 valence electrons. The maximum atomic E-state index is 12.6. The van der Waals surface area contributed by atoms with Crippen molar-refractivity contribution in [2.75, 3.05) is 6.61 Å². The van der Waals surface area contributed by atoms with Crippen LogP contribution in [0.15, 0.2) is 30.3 Å². The fourth-order valence-electron chi connectivity index (χ4n) is 4.02. The van der Waals surface area contributed by atoms with Gasteiger partial charge in [0.15, 0.2) is 0 Å². The van der Waals surface area contributed by atoms with Gasteiger partial charge in [0, 0.05) is 12.1 Å². The molecule has 2 aliphatic heterocycles. The summed E-state index contributed by atoms with van der Waals surface area (Å²) in [7, 11) is 0. The molecule has 25 heavy (non-hydrogen) atoms. The molecule has 0 aromatic heterocycles. The van der Waals surface area contributed by atoms with Crippen molar-refractivity contribution in [3.63, 3.8) is 0 Å². The number of esters is 1. The van der Waals surface area contributed by atoms with Gasteiger partial charge in [0.2, 0.25) is 0 Å². The number of nitrogens with two attached hydrogens (primary N) is 1. The van der Waals surface area contributed by atoms with Crippen LogP contribution in [0, 0.1) is 0 Å². The number of ether oxygens (including phenoxy) is 2. The van der Waals surface area contributed by atoms with Crippen molar-refractivity contribution >= 4 is 12.1 Å². The molecule has 2 heterocycles. The predicted molar refractivity (Wildman–Crippen MR) is 92.7 cm³/mol. The van der Waals surface area contributed by atoms with Crippen LogP contribution in [0.4, 0.5) is 4.79 Å². The van der Waals surface area contributed by atoms with Crippen molar-refractivity contribution in [1.29, 1.82) is 0 Å². The smallest absolute Gasteiger partial charge is 0.410 e. The molecule has 2 N–H and O–H groups in total. The number of piperidine rings is 2. The van der Waals surface area contributed by atoms with Crippen LogP contribution in [-0.2, 0) is 20.9 Å². The van der Waals surface area contributed by atoms with E-state index in [1.807, 2.05) is 30.3 Å². The van der Waals surface area contributed by atoms with Crippen LogP contribution in [0.25, 0.3) is 0 Å². The van der Waals surface area contributed by atoms with Crippen LogP contribution in [-0.4, -0.2) is 41.2 Å². The Balaban J connectivity index is 1.66. The third-order valence-electron chi connectivity index (χ3n) is 5.16. The van der Waals surface area contributed by atoms with Gasteiger partial charge in [0.05, 0.1) is 6.61 Å². The molecule has 2 unspecified atom stereocenters. The molecule has 1 aromatic rings. The Bertz CT molecular complexity index is 605. The summed E-state index contributed by atoms with van der Waals surface area (Å²) in [6.45, 7) is 2.34. The second-order valence-corrected chi connectivity index (χ2v) is 6.97. The summed E-state index contributed by atoms with van der Waals surface area (Å²) in [6.07, 6.45) is 3.27. The Hall–Kier alpha value is -2.08. The Labute approximate surface area is 148 Å². The number of amides is 1. The largest absolute Gasteiger partial charge is 0.465 e. The van der Waals surface area contributed by atoms with Crippen LogP contribution in [0.5, 0.6) is 0 Å². The lowest BCUT2D eigenvalue weighted by Gasteiger charge is -2.50. The Morgan fingerprint density at radius 3 is 2.40 bits per heavy atom. The molecular formula is C19H26N2O4. The highest BCUT2D eigenvalue weighted by atomic mass is 16.6. The zero-order valence-corrected chi connectivity index (χ0v) is 14.6. The van der Waals surface area contributed by atoms with E-state index in [-0.39, 0.29) is 30.8 Å². The van der Waals surface area contributed by atoms with E-state index in [4.69, 9.17) is 15.2 Å². The summed E-state index contributed by atoms with van der Waals surface area (Å²) in [6, 6.07) is 9.49. The van der Waals surface area contributed by atoms with Crippen molar-refractivity contribution in [2.45, 2.75) is 63.3 Å². The highest BCUT2D eigenvalue weighted by molar-refractivity contribution is 5.81. The lowest BCUT2D eigenvalue weighted by Crippen LogP contribution is -2.65. The molecule has 2 atom stereocenters. The molecule has 2 bridgehead atoms. The van der Waals surface area contributed by atoms with Crippen LogP contribution in [0.2, 0.25) is 0 Å². The van der Waals surface area contributed by atoms with E-state index >= 15 is 0 Å². The molecule has 2 saturated heterocycles. The Morgan fingerprint density at radius 2 is 1.80 bits per heavy atom. The minimum absolute atomic E-state index is 0.0646. The summed E-state index contributed by atoms with van der Waals surface area (Å²) >= 11 is 0. The molecular weight excluding hydrogens is 320 g/mol. The van der Waals surface area contributed by atoms with Crippen molar-refractivity contribution in [3.8, 4) is 0 Å². The van der Waals surface area contributed by atoms with Gasteiger partial charge in [-0.3, -0.25) is 4.79 Å². The van der Waals surface area contributed by atoms with E-state index in [0.29, 0.717) is 19.4 Å². The number of benzene rings is 1. The molecule has 6 nitrogen and oxygen atoms in total. The SMILES string of the molecule is CCOC(=O)C1(N)CC2CCCC(C1)N2C(=O)OCc1ccccc1. The van der Waals surface area contributed by atoms with Gasteiger partial charge in [-0.2, -0.15) is 0 Å². The number of nitrogens with zero attached hydrogens (tertiary/aromatic N) is 1. The number of rotatable bonds is 4. The second kappa shape index (κ2) is 7.44. The van der Waals surface area contributed by atoms with Gasteiger partial charge in [-0.1, -0.05) is 30.3 Å². The zero-order chi connectivity index (χ0) is 17.9. The minimum atomic E-state index is -0.998. The molecule has 6 heteroatoms. The van der Waals surface area contributed by atoms with E-state index in [1.54, 1.807) is 11.8 Å². The average molecular weight is 346 g/mol. The van der Waals surface area contributed by atoms with E-state index in [0.717, 1.165) is 24.8 Å². The van der Waals surface area contributed by atoms with E-state index in [9.17, 15) is 9.59 Å². The first-order valence-corrected chi connectivity index (χ1v) is 8.98. The van der Waals surface area contributed by atoms with Crippen LogP contribution < -0.4 is 5.73 Å². The highest BCUT2D eigenvalue weighted by Crippen LogP contribution is 2.39. The van der Waals surface area contributed by atoms with Crippen LogP contribution >= 0.6 is 0 Å². The Morgan fingerprint density at radius 1 is 1.16 bits per heavy atom. The second-order valence-electron chi connectivity index (χ2n) is 6.97. The Kier molecular flexibility index (Phi) is 5.27. The summed E-state index contributed by atoms with van der Waals surface area (Å²) in [5.74, 6) is -0.357. The van der Waals surface area contributed by atoms with Gasteiger partial charge in [0.25, 0.3) is 0 Å². The minimum Gasteiger partial charge on any atom is -0.465 e. The molecule has 1 amide bonds. The van der Waals surface area contributed by atoms with Gasteiger partial charge in [-0.05, 0) is 44.6 Å². The molecule has 0 radical (unpaired) electrons. The number of carbonyl (C=O) groups is 2. The van der Waals surface area contributed by atoms with Crippen LogP contribution in [0.1, 0.15) is 44.6 Å². The predicted octanol–water partition coefficient (Wildman–Crippen LogP) is 2.60. The number of hydrogen-bond donors (Lipinski definition) is 1. The first-order chi connectivity index (χ1) is 12.0. The van der Waals surface area contributed by atoms with Gasteiger partial charge < -0.3 is 20.1 Å². The normalized spacial score (nSPS) is 28.3. The maximum absolute atomic E-state index is 12.6. The van der Waals surface area contributed by atoms with E-state index < -0.39 is 5.54 Å². The molecule has 2 fully saturated rings. The van der Waals surface area contributed by atoms with Gasteiger partial charge in [0.1, 0.15) is 12.1 Å². The summed E-state index contributed by atoms with van der Waals surface area (Å²) in [5.41, 5.74) is 6.31. The van der Waals surface area contributed by atoms with Crippen LogP contribution in [0.3, 0.4) is 0 Å². The zero-order valence-electron chi connectivity index (χ0n) is 14.6. The first-order valence-electron chi connectivity index (χ1n) is 8.98. The molecule has 0 aliphatic carbocycles. The quantitative estimate of drug-likeness (QED) is 0.848. The van der Waals surface area contributed by atoms with E-state index in [1.165, 1.54) is 0 Å². The molecule has 3 rings (SSSR count). The number of hydrogen-bond acceptors (Lipinski definition) is 5. The maximum Gasteiger partial charge on any atom is 0.410 e. The van der Waals surface area contributed by atoms with Gasteiger partial charge in [-0.15, -0.1) is 0 Å². The van der Waals surface area contributed by atoms with Crippen molar-refractivity contribution in [3.05, 3.63) is 35.9 Å². The fraction of sp³-hybridized carbons (Fsp3) is 0.579. The standard InChI is InChI=1S/C19H26N2O4/c1-2-24-17(22)19(20)11-15-9-6-10-16(12-19)21(15)18(23)25-13-14-7-4-3-5-8-14/h3-5,7-8,15-16H,2,6,9-13,20H2,1H3. The van der Waals surface area contributed by atoms with Crippen molar-refractivity contribution < 1.29 is 19.1 Å². The topological polar surface area (TPSA) is 81.9 Å². The molecule has 0 spiro atoms. The first kappa shape index (κ1) is 17.7. The third kappa shape index (κ3) is 3.79. The fourth-order valence-corrected chi connectivity index (χ4v) is 4.02. The highest BCUT2D eigenvalue weighted by Gasteiger charge is 2.51. The van der Waals surface area contributed by atoms with Crippen molar-refractivity contribution in [1.82, 2.24) is 4.90 Å². The summed E-state index contributed by atoms with van der Waals surface area (Å²) in [4.78, 5) is 26.7. The number of carbonyl (C=O) groups excluding carboxylic acids is 2.